The fourth-order valence-electron chi connectivity index (χ4n) is 2.82. The maximum Gasteiger partial charge on any atom is 0.261 e. The third kappa shape index (κ3) is 3.16. The van der Waals surface area contributed by atoms with Crippen LogP contribution in [0.2, 0.25) is 0 Å². The first-order chi connectivity index (χ1) is 11.1. The molecule has 23 heavy (non-hydrogen) atoms. The Hall–Kier alpha value is -1.73. The minimum absolute atomic E-state index is 0.0163. The van der Waals surface area contributed by atoms with Gasteiger partial charge in [0.15, 0.2) is 5.82 Å². The molecule has 0 saturated heterocycles. The lowest BCUT2D eigenvalue weighted by atomic mass is 10.0. The van der Waals surface area contributed by atoms with Gasteiger partial charge in [-0.05, 0) is 31.7 Å². The Kier molecular flexibility index (Phi) is 4.77. The van der Waals surface area contributed by atoms with Crippen LogP contribution < -0.4 is 5.32 Å². The molecule has 1 aliphatic rings. The number of anilines is 1. The van der Waals surface area contributed by atoms with E-state index in [0.717, 1.165) is 40.3 Å². The Labute approximate surface area is 139 Å². The van der Waals surface area contributed by atoms with E-state index < -0.39 is 0 Å². The molecular weight excluding hydrogens is 314 g/mol. The minimum Gasteiger partial charge on any atom is -0.376 e. The van der Waals surface area contributed by atoms with Crippen molar-refractivity contribution in [3.63, 3.8) is 0 Å². The number of aryl methyl sites for hydroxylation is 1. The first-order valence-electron chi connectivity index (χ1n) is 7.97. The number of fused-ring (bicyclic) bond motifs is 1. The molecule has 0 unspecified atom stereocenters. The molecule has 2 aromatic rings. The van der Waals surface area contributed by atoms with Gasteiger partial charge in [-0.1, -0.05) is 19.0 Å². The summed E-state index contributed by atoms with van der Waals surface area (Å²) < 4.78 is 10.9. The molecule has 6 nitrogen and oxygen atoms in total. The highest BCUT2D eigenvalue weighted by Crippen LogP contribution is 2.42. The second-order valence-electron chi connectivity index (χ2n) is 5.66. The number of thiophene rings is 1. The first kappa shape index (κ1) is 16.1. The maximum atomic E-state index is 12.5. The van der Waals surface area contributed by atoms with E-state index in [4.69, 9.17) is 9.26 Å². The molecule has 1 N–H and O–H groups in total. The van der Waals surface area contributed by atoms with Crippen LogP contribution in [-0.4, -0.2) is 22.7 Å². The van der Waals surface area contributed by atoms with E-state index in [2.05, 4.69) is 15.5 Å². The molecule has 0 radical (unpaired) electrons. The zero-order valence-electron chi connectivity index (χ0n) is 13.6. The summed E-state index contributed by atoms with van der Waals surface area (Å²) in [5.74, 6) is 1.13. The molecule has 0 aromatic carbocycles. The van der Waals surface area contributed by atoms with Gasteiger partial charge in [0.05, 0.1) is 18.8 Å². The van der Waals surface area contributed by atoms with E-state index in [0.29, 0.717) is 24.9 Å². The molecule has 0 atom stereocenters. The number of amides is 1. The molecule has 3 rings (SSSR count). The summed E-state index contributed by atoms with van der Waals surface area (Å²) in [6, 6.07) is 0. The second kappa shape index (κ2) is 6.80. The molecule has 124 valence electrons. The molecule has 1 amide bonds. The van der Waals surface area contributed by atoms with E-state index in [9.17, 15) is 4.79 Å². The molecule has 0 fully saturated rings. The Morgan fingerprint density at radius 3 is 2.83 bits per heavy atom. The van der Waals surface area contributed by atoms with E-state index in [1.165, 1.54) is 0 Å². The van der Waals surface area contributed by atoms with Crippen molar-refractivity contribution in [2.45, 2.75) is 46.6 Å². The topological polar surface area (TPSA) is 77.3 Å². The molecule has 2 aromatic heterocycles. The number of nitrogens with one attached hydrogen (secondary N) is 1. The smallest absolute Gasteiger partial charge is 0.261 e. The van der Waals surface area contributed by atoms with Gasteiger partial charge in [-0.25, -0.2) is 0 Å². The molecule has 0 aliphatic carbocycles. The molecule has 1 aliphatic heterocycles. The number of hydrogen-bond donors (Lipinski definition) is 1. The van der Waals surface area contributed by atoms with Crippen LogP contribution in [-0.2, 0) is 22.6 Å². The van der Waals surface area contributed by atoms with Crippen LogP contribution in [0.4, 0.5) is 5.00 Å². The largest absolute Gasteiger partial charge is 0.376 e. The highest BCUT2D eigenvalue weighted by atomic mass is 32.1. The summed E-state index contributed by atoms with van der Waals surface area (Å²) in [6.45, 7) is 7.09. The van der Waals surface area contributed by atoms with Gasteiger partial charge in [0.25, 0.3) is 5.89 Å². The predicted molar refractivity (Wildman–Crippen MR) is 88.4 cm³/mol. The quantitative estimate of drug-likeness (QED) is 0.904. The SMILES string of the molecule is CCC(CC)C(=O)Nc1sc2c(c1-c1nc(C)no1)CCOC2. The molecule has 7 heteroatoms. The van der Waals surface area contributed by atoms with Crippen molar-refractivity contribution in [3.05, 3.63) is 16.3 Å². The van der Waals surface area contributed by atoms with Gasteiger partial charge >= 0.3 is 0 Å². The van der Waals surface area contributed by atoms with Crippen LogP contribution >= 0.6 is 11.3 Å². The summed E-state index contributed by atoms with van der Waals surface area (Å²) in [5.41, 5.74) is 2.03. The van der Waals surface area contributed by atoms with Crippen molar-refractivity contribution in [1.82, 2.24) is 10.1 Å². The van der Waals surface area contributed by atoms with Crippen LogP contribution in [0.1, 0.15) is 43.0 Å². The lowest BCUT2D eigenvalue weighted by molar-refractivity contribution is -0.120. The summed E-state index contributed by atoms with van der Waals surface area (Å²) in [6.07, 6.45) is 2.44. The fourth-order valence-corrected chi connectivity index (χ4v) is 4.00. The van der Waals surface area contributed by atoms with Gasteiger partial charge in [0.2, 0.25) is 5.91 Å². The molecule has 0 spiro atoms. The lowest BCUT2D eigenvalue weighted by Crippen LogP contribution is -2.21. The highest BCUT2D eigenvalue weighted by molar-refractivity contribution is 7.17. The third-order valence-electron chi connectivity index (χ3n) is 4.15. The molecular formula is C16H21N3O3S. The van der Waals surface area contributed by atoms with Crippen molar-refractivity contribution in [2.24, 2.45) is 5.92 Å². The standard InChI is InChI=1S/C16H21N3O3S/c1-4-10(5-2)14(20)18-16-13(15-17-9(3)19-22-15)11-6-7-21-8-12(11)23-16/h10H,4-8H2,1-3H3,(H,18,20). The number of carbonyl (C=O) groups is 1. The van der Waals surface area contributed by atoms with E-state index in [1.807, 2.05) is 13.8 Å². The summed E-state index contributed by atoms with van der Waals surface area (Å²) in [7, 11) is 0. The van der Waals surface area contributed by atoms with Gasteiger partial charge in [-0.2, -0.15) is 4.98 Å². The predicted octanol–water partition coefficient (Wildman–Crippen LogP) is 3.55. The fraction of sp³-hybridized carbons (Fsp3) is 0.562. The van der Waals surface area contributed by atoms with Gasteiger partial charge in [-0.3, -0.25) is 4.79 Å². The van der Waals surface area contributed by atoms with Crippen LogP contribution in [0.25, 0.3) is 11.5 Å². The van der Waals surface area contributed by atoms with Crippen molar-refractivity contribution in [1.29, 1.82) is 0 Å². The van der Waals surface area contributed by atoms with Crippen LogP contribution in [0.15, 0.2) is 4.52 Å². The Morgan fingerprint density at radius 2 is 2.17 bits per heavy atom. The average Bonchev–Trinajstić information content (AvgIpc) is 3.11. The Bertz CT molecular complexity index is 703. The normalized spacial score (nSPS) is 14.1. The van der Waals surface area contributed by atoms with Gasteiger partial charge < -0.3 is 14.6 Å². The van der Waals surface area contributed by atoms with Crippen LogP contribution in [0.5, 0.6) is 0 Å². The summed E-state index contributed by atoms with van der Waals surface area (Å²) in [4.78, 5) is 18.0. The zero-order valence-corrected chi connectivity index (χ0v) is 14.5. The molecule has 0 saturated carbocycles. The Balaban J connectivity index is 1.99. The number of nitrogens with zero attached hydrogens (tertiary/aromatic N) is 2. The second-order valence-corrected chi connectivity index (χ2v) is 6.77. The third-order valence-corrected chi connectivity index (χ3v) is 5.28. The average molecular weight is 335 g/mol. The maximum absolute atomic E-state index is 12.5. The van der Waals surface area contributed by atoms with E-state index in [1.54, 1.807) is 18.3 Å². The van der Waals surface area contributed by atoms with Crippen molar-refractivity contribution < 1.29 is 14.1 Å². The monoisotopic (exact) mass is 335 g/mol. The van der Waals surface area contributed by atoms with Crippen molar-refractivity contribution in [3.8, 4) is 11.5 Å². The zero-order chi connectivity index (χ0) is 16.4. The van der Waals surface area contributed by atoms with E-state index in [-0.39, 0.29) is 11.8 Å². The van der Waals surface area contributed by atoms with Gasteiger partial charge in [0.1, 0.15) is 5.00 Å². The highest BCUT2D eigenvalue weighted by Gasteiger charge is 2.27. The summed E-state index contributed by atoms with van der Waals surface area (Å²) >= 11 is 1.55. The molecule has 0 bridgehead atoms. The first-order valence-corrected chi connectivity index (χ1v) is 8.79. The number of rotatable bonds is 5. The lowest BCUT2D eigenvalue weighted by Gasteiger charge is -2.13. The number of hydrogen-bond acceptors (Lipinski definition) is 6. The van der Waals surface area contributed by atoms with E-state index >= 15 is 0 Å². The Morgan fingerprint density at radius 1 is 1.39 bits per heavy atom. The van der Waals surface area contributed by atoms with Gasteiger partial charge in [0, 0.05) is 10.8 Å². The number of ether oxygens (including phenoxy) is 1. The number of carbonyl (C=O) groups excluding carboxylic acids is 1. The van der Waals surface area contributed by atoms with Crippen LogP contribution in [0.3, 0.4) is 0 Å². The van der Waals surface area contributed by atoms with Crippen molar-refractivity contribution in [2.75, 3.05) is 11.9 Å². The number of aromatic nitrogens is 2. The van der Waals surface area contributed by atoms with Gasteiger partial charge in [-0.15, -0.1) is 11.3 Å². The van der Waals surface area contributed by atoms with Crippen molar-refractivity contribution >= 4 is 22.2 Å². The van der Waals surface area contributed by atoms with Crippen LogP contribution in [0, 0.1) is 12.8 Å². The summed E-state index contributed by atoms with van der Waals surface area (Å²) in [5, 5.41) is 7.75. The minimum atomic E-state index is 0.0163. The molecule has 3 heterocycles.